The molecule has 8 heteroatoms. The molecule has 0 atom stereocenters. The second kappa shape index (κ2) is 6.99. The number of fused-ring (bicyclic) bond motifs is 2. The molecule has 0 unspecified atom stereocenters. The van der Waals surface area contributed by atoms with Crippen LogP contribution in [0.25, 0.3) is 31.6 Å². The van der Waals surface area contributed by atoms with E-state index >= 15 is 0 Å². The van der Waals surface area contributed by atoms with Gasteiger partial charge in [0.25, 0.3) is 5.56 Å². The lowest BCUT2D eigenvalue weighted by atomic mass is 10.2. The van der Waals surface area contributed by atoms with Gasteiger partial charge >= 0.3 is 5.97 Å². The van der Waals surface area contributed by atoms with Gasteiger partial charge in [0.05, 0.1) is 10.9 Å². The fourth-order valence-electron chi connectivity index (χ4n) is 3.11. The van der Waals surface area contributed by atoms with E-state index < -0.39 is 5.97 Å². The molecule has 7 nitrogen and oxygen atoms in total. The predicted octanol–water partition coefficient (Wildman–Crippen LogP) is 3.88. The number of thiophene rings is 1. The van der Waals surface area contributed by atoms with Gasteiger partial charge in [-0.25, -0.2) is 9.78 Å². The summed E-state index contributed by atoms with van der Waals surface area (Å²) in [5.74, 6) is -0.293. The average molecular weight is 402 g/mol. The van der Waals surface area contributed by atoms with Gasteiger partial charge in [-0.05, 0) is 17.7 Å². The zero-order valence-electron chi connectivity index (χ0n) is 15.0. The molecule has 2 N–H and O–H groups in total. The third-order valence-corrected chi connectivity index (χ3v) is 5.59. The van der Waals surface area contributed by atoms with E-state index in [0.29, 0.717) is 15.6 Å². The zero-order valence-corrected chi connectivity index (χ0v) is 15.8. The van der Waals surface area contributed by atoms with Crippen LogP contribution in [0.3, 0.4) is 0 Å². The van der Waals surface area contributed by atoms with Crippen LogP contribution >= 0.6 is 11.3 Å². The van der Waals surface area contributed by atoms with E-state index in [9.17, 15) is 9.59 Å². The Morgan fingerprint density at radius 1 is 1.03 bits per heavy atom. The minimum atomic E-state index is -0.582. The number of H-pyrrole nitrogens is 2. The Morgan fingerprint density at radius 3 is 2.69 bits per heavy atom. The quantitative estimate of drug-likeness (QED) is 0.444. The van der Waals surface area contributed by atoms with Crippen LogP contribution in [0.5, 0.6) is 0 Å². The molecule has 0 aliphatic carbocycles. The Hall–Kier alpha value is -3.78. The highest BCUT2D eigenvalue weighted by atomic mass is 32.1. The molecule has 0 aliphatic heterocycles. The molecule has 3 heterocycles. The first kappa shape index (κ1) is 17.3. The number of para-hydroxylation sites is 1. The number of carbonyl (C=O) groups excluding carboxylic acids is 1. The summed E-state index contributed by atoms with van der Waals surface area (Å²) in [6, 6.07) is 18.9. The lowest BCUT2D eigenvalue weighted by Crippen LogP contribution is -2.14. The molecule has 29 heavy (non-hydrogen) atoms. The fourth-order valence-corrected chi connectivity index (χ4v) is 4.17. The summed E-state index contributed by atoms with van der Waals surface area (Å²) >= 11 is 1.42. The largest absolute Gasteiger partial charge is 0.453 e. The molecule has 2 aromatic carbocycles. The SMILES string of the molecule is O=C(OCc1nc2sc(-c3ccccc3)cc2c(=O)[nH]1)c1n[nH]c2ccccc12. The third kappa shape index (κ3) is 3.19. The summed E-state index contributed by atoms with van der Waals surface area (Å²) in [6.45, 7) is -0.149. The van der Waals surface area contributed by atoms with Gasteiger partial charge in [0, 0.05) is 10.3 Å². The molecule has 5 rings (SSSR count). The Bertz CT molecular complexity index is 1400. The second-order valence-electron chi connectivity index (χ2n) is 6.40. The minimum Gasteiger partial charge on any atom is -0.453 e. The summed E-state index contributed by atoms with van der Waals surface area (Å²) in [5.41, 5.74) is 1.71. The summed E-state index contributed by atoms with van der Waals surface area (Å²) in [7, 11) is 0. The first-order chi connectivity index (χ1) is 14.2. The molecule has 0 fully saturated rings. The van der Waals surface area contributed by atoms with E-state index in [1.807, 2.05) is 54.6 Å². The standard InChI is InChI=1S/C21H14N4O3S/c26-19-14-10-16(12-6-2-1-3-7-12)29-20(14)23-17(22-19)11-28-21(27)18-13-8-4-5-9-15(13)24-25-18/h1-10H,11H2,(H,24,25)(H,22,23,26). The molecule has 142 valence electrons. The first-order valence-corrected chi connectivity index (χ1v) is 9.69. The second-order valence-corrected chi connectivity index (χ2v) is 7.43. The van der Waals surface area contributed by atoms with Crippen molar-refractivity contribution < 1.29 is 9.53 Å². The summed E-state index contributed by atoms with van der Waals surface area (Å²) < 4.78 is 5.33. The molecular formula is C21H14N4O3S. The van der Waals surface area contributed by atoms with E-state index in [4.69, 9.17) is 4.74 Å². The maximum absolute atomic E-state index is 12.4. The number of carbonyl (C=O) groups is 1. The highest BCUT2D eigenvalue weighted by molar-refractivity contribution is 7.21. The monoisotopic (exact) mass is 402 g/mol. The van der Waals surface area contributed by atoms with Crippen LogP contribution in [0.2, 0.25) is 0 Å². The number of nitrogens with zero attached hydrogens (tertiary/aromatic N) is 2. The van der Waals surface area contributed by atoms with Crippen LogP contribution in [0.15, 0.2) is 65.5 Å². The van der Waals surface area contributed by atoms with Gasteiger partial charge in [0.1, 0.15) is 17.3 Å². The minimum absolute atomic E-state index is 0.149. The summed E-state index contributed by atoms with van der Waals surface area (Å²) in [5, 5.41) is 8.02. The summed E-state index contributed by atoms with van der Waals surface area (Å²) in [6.07, 6.45) is 0. The number of esters is 1. The van der Waals surface area contributed by atoms with Crippen molar-refractivity contribution in [2.45, 2.75) is 6.61 Å². The van der Waals surface area contributed by atoms with Crippen LogP contribution in [0.1, 0.15) is 16.3 Å². The molecule has 0 radical (unpaired) electrons. The van der Waals surface area contributed by atoms with Crippen LogP contribution in [-0.4, -0.2) is 26.1 Å². The number of hydrogen-bond donors (Lipinski definition) is 2. The van der Waals surface area contributed by atoms with Crippen LogP contribution < -0.4 is 5.56 Å². The number of aromatic amines is 2. The van der Waals surface area contributed by atoms with Crippen molar-refractivity contribution in [2.75, 3.05) is 0 Å². The van der Waals surface area contributed by atoms with Gasteiger partial charge in [-0.2, -0.15) is 5.10 Å². The highest BCUT2D eigenvalue weighted by Gasteiger charge is 2.16. The molecule has 0 saturated heterocycles. The van der Waals surface area contributed by atoms with Crippen molar-refractivity contribution in [3.8, 4) is 10.4 Å². The third-order valence-electron chi connectivity index (χ3n) is 4.51. The molecule has 0 aliphatic rings. The van der Waals surface area contributed by atoms with Crippen LogP contribution in [0.4, 0.5) is 0 Å². The number of rotatable bonds is 4. The van der Waals surface area contributed by atoms with Crippen molar-refractivity contribution in [2.24, 2.45) is 0 Å². The van der Waals surface area contributed by atoms with Crippen LogP contribution in [0, 0.1) is 0 Å². The highest BCUT2D eigenvalue weighted by Crippen LogP contribution is 2.30. The van der Waals surface area contributed by atoms with E-state index in [2.05, 4.69) is 20.2 Å². The van der Waals surface area contributed by atoms with Gasteiger partial charge in [-0.1, -0.05) is 48.5 Å². The van der Waals surface area contributed by atoms with Gasteiger partial charge in [-0.15, -0.1) is 11.3 Å². The average Bonchev–Trinajstić information content (AvgIpc) is 3.37. The number of nitrogens with one attached hydrogen (secondary N) is 2. The topological polar surface area (TPSA) is 101 Å². The Balaban J connectivity index is 1.40. The Labute approximate surface area is 168 Å². The number of aromatic nitrogens is 4. The lowest BCUT2D eigenvalue weighted by Gasteiger charge is -2.03. The first-order valence-electron chi connectivity index (χ1n) is 8.87. The fraction of sp³-hybridized carbons (Fsp3) is 0.0476. The predicted molar refractivity (Wildman–Crippen MR) is 111 cm³/mol. The Morgan fingerprint density at radius 2 is 1.83 bits per heavy atom. The molecule has 0 bridgehead atoms. The van der Waals surface area contributed by atoms with Crippen molar-refractivity contribution in [3.05, 3.63) is 82.5 Å². The van der Waals surface area contributed by atoms with E-state index in [1.165, 1.54) is 11.3 Å². The van der Waals surface area contributed by atoms with E-state index in [-0.39, 0.29) is 23.7 Å². The number of benzene rings is 2. The van der Waals surface area contributed by atoms with Crippen molar-refractivity contribution >= 4 is 38.4 Å². The number of hydrogen-bond acceptors (Lipinski definition) is 6. The molecule has 5 aromatic rings. The van der Waals surface area contributed by atoms with Gasteiger partial charge in [-0.3, -0.25) is 9.89 Å². The Kier molecular flexibility index (Phi) is 4.18. The van der Waals surface area contributed by atoms with Crippen molar-refractivity contribution in [1.29, 1.82) is 0 Å². The summed E-state index contributed by atoms with van der Waals surface area (Å²) in [4.78, 5) is 33.6. The molecule has 0 amide bonds. The normalized spacial score (nSPS) is 11.2. The maximum Gasteiger partial charge on any atom is 0.359 e. The smallest absolute Gasteiger partial charge is 0.359 e. The van der Waals surface area contributed by atoms with E-state index in [1.54, 1.807) is 6.07 Å². The lowest BCUT2D eigenvalue weighted by molar-refractivity contribution is 0.0457. The van der Waals surface area contributed by atoms with Crippen molar-refractivity contribution in [3.63, 3.8) is 0 Å². The molecule has 0 spiro atoms. The molecule has 3 aromatic heterocycles. The van der Waals surface area contributed by atoms with Crippen LogP contribution in [-0.2, 0) is 11.3 Å². The van der Waals surface area contributed by atoms with E-state index in [0.717, 1.165) is 16.0 Å². The van der Waals surface area contributed by atoms with Gasteiger partial charge in [0.15, 0.2) is 5.69 Å². The molecule has 0 saturated carbocycles. The van der Waals surface area contributed by atoms with Gasteiger partial charge in [0.2, 0.25) is 0 Å². The number of ether oxygens (including phenoxy) is 1. The maximum atomic E-state index is 12.4. The van der Waals surface area contributed by atoms with Crippen molar-refractivity contribution in [1.82, 2.24) is 20.2 Å². The van der Waals surface area contributed by atoms with Gasteiger partial charge < -0.3 is 9.72 Å². The molecular weight excluding hydrogens is 388 g/mol. The zero-order chi connectivity index (χ0) is 19.8.